The number of hydrogen-bond acceptors (Lipinski definition) is 5. The lowest BCUT2D eigenvalue weighted by Crippen LogP contribution is -2.13. The molecule has 7 nitrogen and oxygen atoms in total. The highest BCUT2D eigenvalue weighted by molar-refractivity contribution is 6.30. The van der Waals surface area contributed by atoms with E-state index in [9.17, 15) is 14.9 Å². The molecule has 5 rings (SSSR count). The molecule has 0 radical (unpaired) electrons. The number of aromatic nitrogens is 1. The van der Waals surface area contributed by atoms with Crippen molar-refractivity contribution in [2.75, 3.05) is 5.32 Å². The highest BCUT2D eigenvalue weighted by Crippen LogP contribution is 2.29. The number of carbonyl (C=O) groups is 1. The lowest BCUT2D eigenvalue weighted by molar-refractivity contribution is -0.384. The van der Waals surface area contributed by atoms with Crippen LogP contribution < -0.4 is 10.1 Å². The number of nitro groups is 1. The fraction of sp³-hybridized carbons (Fsp3) is 0. The van der Waals surface area contributed by atoms with Gasteiger partial charge in [-0.25, -0.2) is 4.98 Å². The van der Waals surface area contributed by atoms with Gasteiger partial charge in [-0.2, -0.15) is 0 Å². The second-order valence-corrected chi connectivity index (χ2v) is 8.35. The van der Waals surface area contributed by atoms with Gasteiger partial charge in [0.25, 0.3) is 11.6 Å². The number of amides is 1. The Bertz CT molecular complexity index is 1570. The molecule has 36 heavy (non-hydrogen) atoms. The molecule has 0 fully saturated rings. The molecule has 0 saturated heterocycles. The van der Waals surface area contributed by atoms with Crippen molar-refractivity contribution in [3.63, 3.8) is 0 Å². The maximum absolute atomic E-state index is 13.3. The number of fused-ring (bicyclic) bond motifs is 1. The summed E-state index contributed by atoms with van der Waals surface area (Å²) in [5.41, 5.74) is 2.61. The second kappa shape index (κ2) is 9.85. The van der Waals surface area contributed by atoms with E-state index in [2.05, 4.69) is 10.3 Å². The third-order valence-corrected chi connectivity index (χ3v) is 5.73. The van der Waals surface area contributed by atoms with Crippen molar-refractivity contribution in [3.05, 3.63) is 124 Å². The maximum atomic E-state index is 13.3. The molecule has 0 atom stereocenters. The first-order chi connectivity index (χ1) is 17.5. The third kappa shape index (κ3) is 5.01. The van der Waals surface area contributed by atoms with E-state index in [0.717, 1.165) is 5.56 Å². The number of benzene rings is 4. The number of pyridine rings is 1. The van der Waals surface area contributed by atoms with E-state index in [4.69, 9.17) is 16.3 Å². The van der Waals surface area contributed by atoms with Crippen molar-refractivity contribution in [1.82, 2.24) is 4.98 Å². The van der Waals surface area contributed by atoms with Crippen LogP contribution in [0.1, 0.15) is 10.4 Å². The van der Waals surface area contributed by atoms with Crippen LogP contribution >= 0.6 is 11.6 Å². The molecule has 0 saturated carbocycles. The number of ether oxygens (including phenoxy) is 1. The zero-order chi connectivity index (χ0) is 25.1. The minimum absolute atomic E-state index is 0.116. The fourth-order valence-electron chi connectivity index (χ4n) is 3.72. The first kappa shape index (κ1) is 23.0. The lowest BCUT2D eigenvalue weighted by atomic mass is 10.0. The van der Waals surface area contributed by atoms with Gasteiger partial charge in [0, 0.05) is 33.8 Å². The van der Waals surface area contributed by atoms with Crippen LogP contribution in [0.25, 0.3) is 22.2 Å². The summed E-state index contributed by atoms with van der Waals surface area (Å²) in [6.45, 7) is 0. The number of carbonyl (C=O) groups excluding carboxylic acids is 1. The summed E-state index contributed by atoms with van der Waals surface area (Å²) in [4.78, 5) is 28.8. The molecule has 0 aliphatic carbocycles. The predicted molar refractivity (Wildman–Crippen MR) is 140 cm³/mol. The first-order valence-electron chi connectivity index (χ1n) is 11.0. The maximum Gasteiger partial charge on any atom is 0.270 e. The summed E-state index contributed by atoms with van der Waals surface area (Å²) in [6.07, 6.45) is 0. The molecule has 0 unspecified atom stereocenters. The van der Waals surface area contributed by atoms with Gasteiger partial charge >= 0.3 is 0 Å². The number of nitro benzene ring substituents is 1. The van der Waals surface area contributed by atoms with E-state index < -0.39 is 10.8 Å². The van der Waals surface area contributed by atoms with Gasteiger partial charge in [-0.15, -0.1) is 0 Å². The molecule has 8 heteroatoms. The number of anilines is 1. The van der Waals surface area contributed by atoms with Crippen molar-refractivity contribution in [2.45, 2.75) is 0 Å². The molecule has 1 amide bonds. The SMILES string of the molecule is O=C(Nc1ccc(Oc2ccc(Cl)cc2)cc1)c1cc(-c2ccccc2)nc2ccc([N+](=O)[O-])cc12. The van der Waals surface area contributed by atoms with Crippen molar-refractivity contribution >= 4 is 39.8 Å². The zero-order valence-corrected chi connectivity index (χ0v) is 19.5. The highest BCUT2D eigenvalue weighted by atomic mass is 35.5. The summed E-state index contributed by atoms with van der Waals surface area (Å²) >= 11 is 5.91. The van der Waals surface area contributed by atoms with Gasteiger partial charge in [0.1, 0.15) is 11.5 Å². The van der Waals surface area contributed by atoms with E-state index in [1.807, 2.05) is 30.3 Å². The van der Waals surface area contributed by atoms with Gasteiger partial charge in [-0.1, -0.05) is 41.9 Å². The molecular formula is C28H18ClN3O4. The Morgan fingerprint density at radius 1 is 0.861 bits per heavy atom. The van der Waals surface area contributed by atoms with Gasteiger partial charge in [-0.05, 0) is 60.7 Å². The molecule has 0 spiro atoms. The highest BCUT2D eigenvalue weighted by Gasteiger charge is 2.17. The van der Waals surface area contributed by atoms with Gasteiger partial charge in [0.05, 0.1) is 21.7 Å². The Balaban J connectivity index is 1.46. The first-order valence-corrected chi connectivity index (χ1v) is 11.3. The molecule has 5 aromatic rings. The van der Waals surface area contributed by atoms with Gasteiger partial charge in [0.2, 0.25) is 0 Å². The van der Waals surface area contributed by atoms with Gasteiger partial charge in [0.15, 0.2) is 0 Å². The summed E-state index contributed by atoms with van der Waals surface area (Å²) in [5.74, 6) is 0.813. The van der Waals surface area contributed by atoms with E-state index in [0.29, 0.717) is 38.8 Å². The number of non-ortho nitro benzene ring substituents is 1. The number of nitrogens with zero attached hydrogens (tertiary/aromatic N) is 2. The predicted octanol–water partition coefficient (Wildman–Crippen LogP) is 7.51. The molecule has 0 aliphatic rings. The third-order valence-electron chi connectivity index (χ3n) is 5.48. The quantitative estimate of drug-likeness (QED) is 0.194. The number of nitrogens with one attached hydrogen (secondary N) is 1. The average Bonchev–Trinajstić information content (AvgIpc) is 2.90. The standard InChI is InChI=1S/C28H18ClN3O4/c29-19-6-11-22(12-7-19)36-23-13-8-20(9-14-23)30-28(33)25-17-27(18-4-2-1-3-5-18)31-26-15-10-21(32(34)35)16-24(25)26/h1-17H,(H,30,33). The Morgan fingerprint density at radius 2 is 1.53 bits per heavy atom. The Hall–Kier alpha value is -4.75. The smallest absolute Gasteiger partial charge is 0.270 e. The van der Waals surface area contributed by atoms with E-state index in [1.54, 1.807) is 60.7 Å². The van der Waals surface area contributed by atoms with Crippen LogP contribution in [0.5, 0.6) is 11.5 Å². The summed E-state index contributed by atoms with van der Waals surface area (Å²) in [5, 5.41) is 15.2. The number of halogens is 1. The van der Waals surface area contributed by atoms with Crippen LogP contribution in [0.4, 0.5) is 11.4 Å². The topological polar surface area (TPSA) is 94.4 Å². The molecule has 0 bridgehead atoms. The fourth-order valence-corrected chi connectivity index (χ4v) is 3.84. The second-order valence-electron chi connectivity index (χ2n) is 7.91. The molecule has 0 aliphatic heterocycles. The van der Waals surface area contributed by atoms with Crippen molar-refractivity contribution in [1.29, 1.82) is 0 Å². The number of hydrogen-bond donors (Lipinski definition) is 1. The van der Waals surface area contributed by atoms with Crippen LogP contribution in [0.15, 0.2) is 103 Å². The van der Waals surface area contributed by atoms with E-state index in [-0.39, 0.29) is 11.3 Å². The Kier molecular flexibility index (Phi) is 6.30. The Labute approximate surface area is 211 Å². The largest absolute Gasteiger partial charge is 0.457 e. The lowest BCUT2D eigenvalue weighted by Gasteiger charge is -2.11. The van der Waals surface area contributed by atoms with Crippen LogP contribution in [-0.2, 0) is 0 Å². The molecule has 176 valence electrons. The summed E-state index contributed by atoms with van der Waals surface area (Å²) < 4.78 is 5.79. The molecule has 1 heterocycles. The molecule has 4 aromatic carbocycles. The summed E-state index contributed by atoms with van der Waals surface area (Å²) in [6, 6.07) is 29.3. The molecule has 1 aromatic heterocycles. The minimum Gasteiger partial charge on any atom is -0.457 e. The van der Waals surface area contributed by atoms with E-state index >= 15 is 0 Å². The van der Waals surface area contributed by atoms with Crippen LogP contribution in [0.2, 0.25) is 5.02 Å². The number of rotatable bonds is 6. The van der Waals surface area contributed by atoms with Gasteiger partial charge in [-0.3, -0.25) is 14.9 Å². The van der Waals surface area contributed by atoms with E-state index in [1.165, 1.54) is 12.1 Å². The molecule has 1 N–H and O–H groups in total. The Morgan fingerprint density at radius 3 is 2.19 bits per heavy atom. The van der Waals surface area contributed by atoms with Crippen molar-refractivity contribution in [2.24, 2.45) is 0 Å². The van der Waals surface area contributed by atoms with Crippen LogP contribution in [-0.4, -0.2) is 15.8 Å². The monoisotopic (exact) mass is 495 g/mol. The van der Waals surface area contributed by atoms with Crippen molar-refractivity contribution in [3.8, 4) is 22.8 Å². The molecular weight excluding hydrogens is 478 g/mol. The average molecular weight is 496 g/mol. The minimum atomic E-state index is -0.494. The zero-order valence-electron chi connectivity index (χ0n) is 18.7. The summed E-state index contributed by atoms with van der Waals surface area (Å²) in [7, 11) is 0. The van der Waals surface area contributed by atoms with Crippen molar-refractivity contribution < 1.29 is 14.5 Å². The normalized spacial score (nSPS) is 10.7. The van der Waals surface area contributed by atoms with Crippen LogP contribution in [0, 0.1) is 10.1 Å². The van der Waals surface area contributed by atoms with Gasteiger partial charge < -0.3 is 10.1 Å². The van der Waals surface area contributed by atoms with Crippen LogP contribution in [0.3, 0.4) is 0 Å².